The summed E-state index contributed by atoms with van der Waals surface area (Å²) >= 11 is 0. The SMILES string of the molecule is CCC(=O)CC(CO)C1CCC[C@H](O)C1. The monoisotopic (exact) mass is 214 g/mol. The van der Waals surface area contributed by atoms with Crippen LogP contribution in [-0.2, 0) is 4.79 Å². The molecule has 15 heavy (non-hydrogen) atoms. The van der Waals surface area contributed by atoms with Crippen molar-refractivity contribution in [1.82, 2.24) is 0 Å². The topological polar surface area (TPSA) is 57.5 Å². The van der Waals surface area contributed by atoms with Gasteiger partial charge in [0.2, 0.25) is 0 Å². The third kappa shape index (κ3) is 3.92. The van der Waals surface area contributed by atoms with E-state index in [4.69, 9.17) is 0 Å². The van der Waals surface area contributed by atoms with Gasteiger partial charge in [0.15, 0.2) is 0 Å². The Morgan fingerprint density at radius 2 is 2.20 bits per heavy atom. The van der Waals surface area contributed by atoms with Gasteiger partial charge in [-0.1, -0.05) is 13.3 Å². The van der Waals surface area contributed by atoms with Crippen LogP contribution in [0.2, 0.25) is 0 Å². The Labute approximate surface area is 91.5 Å². The first-order valence-corrected chi connectivity index (χ1v) is 5.98. The van der Waals surface area contributed by atoms with Crippen molar-refractivity contribution in [1.29, 1.82) is 0 Å². The largest absolute Gasteiger partial charge is 0.396 e. The van der Waals surface area contributed by atoms with E-state index in [2.05, 4.69) is 0 Å². The molecular formula is C12H22O3. The molecule has 0 aromatic rings. The third-order valence-corrected chi connectivity index (χ3v) is 3.47. The molecule has 0 spiro atoms. The Kier molecular flexibility index (Phi) is 5.26. The predicted octanol–water partition coefficient (Wildman–Crippen LogP) is 1.52. The molecule has 1 saturated carbocycles. The van der Waals surface area contributed by atoms with E-state index >= 15 is 0 Å². The van der Waals surface area contributed by atoms with E-state index in [1.165, 1.54) is 0 Å². The minimum atomic E-state index is -0.227. The molecule has 0 aromatic heterocycles. The molecule has 0 aliphatic heterocycles. The van der Waals surface area contributed by atoms with Gasteiger partial charge >= 0.3 is 0 Å². The van der Waals surface area contributed by atoms with Crippen molar-refractivity contribution in [2.45, 2.75) is 51.6 Å². The van der Waals surface area contributed by atoms with Crippen LogP contribution in [0.25, 0.3) is 0 Å². The summed E-state index contributed by atoms with van der Waals surface area (Å²) < 4.78 is 0. The van der Waals surface area contributed by atoms with Crippen LogP contribution in [0, 0.1) is 11.8 Å². The van der Waals surface area contributed by atoms with Crippen LogP contribution in [-0.4, -0.2) is 28.7 Å². The van der Waals surface area contributed by atoms with Crippen molar-refractivity contribution in [2.24, 2.45) is 11.8 Å². The summed E-state index contributed by atoms with van der Waals surface area (Å²) in [5, 5.41) is 18.8. The van der Waals surface area contributed by atoms with E-state index in [0.717, 1.165) is 25.7 Å². The summed E-state index contributed by atoms with van der Waals surface area (Å²) in [7, 11) is 0. The van der Waals surface area contributed by atoms with Crippen LogP contribution in [0.3, 0.4) is 0 Å². The molecule has 2 unspecified atom stereocenters. The number of hydrogen-bond donors (Lipinski definition) is 2. The van der Waals surface area contributed by atoms with Crippen molar-refractivity contribution in [3.8, 4) is 0 Å². The van der Waals surface area contributed by atoms with Crippen molar-refractivity contribution >= 4 is 5.78 Å². The van der Waals surface area contributed by atoms with Crippen LogP contribution < -0.4 is 0 Å². The molecule has 3 heteroatoms. The molecule has 0 heterocycles. The lowest BCUT2D eigenvalue weighted by atomic mass is 9.77. The first-order chi connectivity index (χ1) is 7.17. The lowest BCUT2D eigenvalue weighted by Crippen LogP contribution is -2.29. The number of carbonyl (C=O) groups is 1. The van der Waals surface area contributed by atoms with Gasteiger partial charge in [0.05, 0.1) is 6.10 Å². The molecule has 2 N–H and O–H groups in total. The number of ketones is 1. The van der Waals surface area contributed by atoms with Gasteiger partial charge in [-0.05, 0) is 31.1 Å². The predicted molar refractivity (Wildman–Crippen MR) is 58.5 cm³/mol. The molecular weight excluding hydrogens is 192 g/mol. The maximum atomic E-state index is 11.3. The fourth-order valence-electron chi connectivity index (χ4n) is 2.45. The summed E-state index contributed by atoms with van der Waals surface area (Å²) in [4.78, 5) is 11.3. The lowest BCUT2D eigenvalue weighted by molar-refractivity contribution is -0.120. The number of Topliss-reactive ketones (excluding diaryl/α,β-unsaturated/α-hetero) is 1. The Morgan fingerprint density at radius 3 is 2.73 bits per heavy atom. The Balaban J connectivity index is 2.45. The second-order valence-electron chi connectivity index (χ2n) is 4.62. The normalized spacial score (nSPS) is 28.7. The van der Waals surface area contributed by atoms with E-state index in [1.54, 1.807) is 0 Å². The lowest BCUT2D eigenvalue weighted by Gasteiger charge is -2.31. The summed E-state index contributed by atoms with van der Waals surface area (Å²) in [5.74, 6) is 0.607. The van der Waals surface area contributed by atoms with Crippen molar-refractivity contribution in [3.05, 3.63) is 0 Å². The molecule has 1 aliphatic rings. The van der Waals surface area contributed by atoms with Gasteiger partial charge in [0.25, 0.3) is 0 Å². The molecule has 0 bridgehead atoms. The zero-order valence-electron chi connectivity index (χ0n) is 9.48. The van der Waals surface area contributed by atoms with E-state index in [1.807, 2.05) is 6.92 Å². The molecule has 0 saturated heterocycles. The zero-order valence-corrected chi connectivity index (χ0v) is 9.48. The summed E-state index contributed by atoms with van der Waals surface area (Å²) in [6.45, 7) is 1.93. The van der Waals surface area contributed by atoms with E-state index in [9.17, 15) is 15.0 Å². The van der Waals surface area contributed by atoms with Crippen LogP contribution in [0.1, 0.15) is 45.4 Å². The van der Waals surface area contributed by atoms with E-state index < -0.39 is 0 Å². The van der Waals surface area contributed by atoms with Crippen LogP contribution in [0.15, 0.2) is 0 Å². The highest BCUT2D eigenvalue weighted by Gasteiger charge is 2.28. The molecule has 0 aromatic carbocycles. The molecule has 1 rings (SSSR count). The van der Waals surface area contributed by atoms with Crippen molar-refractivity contribution < 1.29 is 15.0 Å². The van der Waals surface area contributed by atoms with Gasteiger partial charge in [-0.3, -0.25) is 4.79 Å². The maximum Gasteiger partial charge on any atom is 0.133 e. The number of hydrogen-bond acceptors (Lipinski definition) is 3. The second-order valence-corrected chi connectivity index (χ2v) is 4.62. The summed E-state index contributed by atoms with van der Waals surface area (Å²) in [6, 6.07) is 0. The highest BCUT2D eigenvalue weighted by Crippen LogP contribution is 2.32. The van der Waals surface area contributed by atoms with Gasteiger partial charge in [0.1, 0.15) is 5.78 Å². The van der Waals surface area contributed by atoms with Crippen molar-refractivity contribution in [3.63, 3.8) is 0 Å². The molecule has 1 fully saturated rings. The molecule has 0 radical (unpaired) electrons. The van der Waals surface area contributed by atoms with E-state index in [-0.39, 0.29) is 24.4 Å². The standard InChI is InChI=1S/C12H22O3/c1-2-11(14)7-10(8-13)9-4-3-5-12(15)6-9/h9-10,12-13,15H,2-8H2,1H3/t9?,10?,12-/m0/s1. The maximum absolute atomic E-state index is 11.3. The van der Waals surface area contributed by atoms with Gasteiger partial charge in [-0.2, -0.15) is 0 Å². The Morgan fingerprint density at radius 1 is 1.47 bits per heavy atom. The minimum Gasteiger partial charge on any atom is -0.396 e. The number of aliphatic hydroxyl groups is 2. The van der Waals surface area contributed by atoms with Crippen LogP contribution >= 0.6 is 0 Å². The smallest absolute Gasteiger partial charge is 0.133 e. The number of carbonyl (C=O) groups excluding carboxylic acids is 1. The zero-order chi connectivity index (χ0) is 11.3. The van der Waals surface area contributed by atoms with Crippen molar-refractivity contribution in [2.75, 3.05) is 6.61 Å². The average molecular weight is 214 g/mol. The summed E-state index contributed by atoms with van der Waals surface area (Å²) in [6.07, 6.45) is 4.48. The number of aliphatic hydroxyl groups excluding tert-OH is 2. The fraction of sp³-hybridized carbons (Fsp3) is 0.917. The quantitative estimate of drug-likeness (QED) is 0.729. The highest BCUT2D eigenvalue weighted by molar-refractivity contribution is 5.78. The Hall–Kier alpha value is -0.410. The van der Waals surface area contributed by atoms with Gasteiger partial charge < -0.3 is 10.2 Å². The average Bonchev–Trinajstić information content (AvgIpc) is 2.25. The first-order valence-electron chi connectivity index (χ1n) is 5.98. The summed E-state index contributed by atoms with van der Waals surface area (Å²) in [5.41, 5.74) is 0. The van der Waals surface area contributed by atoms with Gasteiger partial charge in [-0.15, -0.1) is 0 Å². The van der Waals surface area contributed by atoms with Gasteiger partial charge in [-0.25, -0.2) is 0 Å². The fourth-order valence-corrected chi connectivity index (χ4v) is 2.45. The number of rotatable bonds is 5. The second kappa shape index (κ2) is 6.23. The minimum absolute atomic E-state index is 0.0624. The highest BCUT2D eigenvalue weighted by atomic mass is 16.3. The molecule has 3 atom stereocenters. The molecule has 3 nitrogen and oxygen atoms in total. The van der Waals surface area contributed by atoms with E-state index in [0.29, 0.717) is 18.8 Å². The van der Waals surface area contributed by atoms with Crippen LogP contribution in [0.4, 0.5) is 0 Å². The Bertz CT molecular complexity index is 203. The molecule has 88 valence electrons. The third-order valence-electron chi connectivity index (χ3n) is 3.47. The molecule has 0 amide bonds. The molecule has 1 aliphatic carbocycles. The van der Waals surface area contributed by atoms with Crippen LogP contribution in [0.5, 0.6) is 0 Å². The van der Waals surface area contributed by atoms with Gasteiger partial charge in [0, 0.05) is 19.4 Å². The first kappa shape index (κ1) is 12.7.